The van der Waals surface area contributed by atoms with Gasteiger partial charge in [-0.15, -0.1) is 0 Å². The summed E-state index contributed by atoms with van der Waals surface area (Å²) in [7, 11) is -2.79. The summed E-state index contributed by atoms with van der Waals surface area (Å²) >= 11 is 0. The molecule has 1 atom stereocenters. The smallest absolute Gasteiger partial charge is 0.338 e. The SMILES string of the molecule is CC[C@@H](C)NC(=O)c1ccccc1NS(=O)(=O)c1ccc(C)c(C(=O)OC)c1. The van der Waals surface area contributed by atoms with E-state index in [9.17, 15) is 18.0 Å². The first-order chi connectivity index (χ1) is 13.2. The van der Waals surface area contributed by atoms with Crippen LogP contribution in [-0.2, 0) is 14.8 Å². The molecule has 0 saturated heterocycles. The summed E-state index contributed by atoms with van der Waals surface area (Å²) in [6.07, 6.45) is 0.749. The van der Waals surface area contributed by atoms with Crippen molar-refractivity contribution >= 4 is 27.6 Å². The summed E-state index contributed by atoms with van der Waals surface area (Å²) in [5.41, 5.74) is 1.13. The highest BCUT2D eigenvalue weighted by Crippen LogP contribution is 2.22. The number of carbonyl (C=O) groups is 2. The van der Waals surface area contributed by atoms with Gasteiger partial charge in [0.25, 0.3) is 15.9 Å². The van der Waals surface area contributed by atoms with Crippen molar-refractivity contribution in [2.45, 2.75) is 38.1 Å². The van der Waals surface area contributed by atoms with E-state index in [0.29, 0.717) is 5.56 Å². The normalized spacial score (nSPS) is 12.1. The Kier molecular flexibility index (Phi) is 6.80. The molecule has 0 unspecified atom stereocenters. The molecule has 0 aromatic heterocycles. The number of sulfonamides is 1. The number of carbonyl (C=O) groups excluding carboxylic acids is 2. The third kappa shape index (κ3) is 4.89. The fourth-order valence-corrected chi connectivity index (χ4v) is 3.58. The third-order valence-corrected chi connectivity index (χ3v) is 5.69. The van der Waals surface area contributed by atoms with E-state index >= 15 is 0 Å². The molecule has 28 heavy (non-hydrogen) atoms. The zero-order chi connectivity index (χ0) is 20.9. The average Bonchev–Trinajstić information content (AvgIpc) is 2.67. The largest absolute Gasteiger partial charge is 0.465 e. The second-order valence-corrected chi connectivity index (χ2v) is 8.08. The lowest BCUT2D eigenvalue weighted by atomic mass is 10.1. The summed E-state index contributed by atoms with van der Waals surface area (Å²) < 4.78 is 32.8. The minimum atomic E-state index is -4.02. The molecule has 8 heteroatoms. The van der Waals surface area contributed by atoms with Gasteiger partial charge in [0, 0.05) is 6.04 Å². The van der Waals surface area contributed by atoms with E-state index in [-0.39, 0.29) is 33.7 Å². The van der Waals surface area contributed by atoms with Crippen LogP contribution in [0.25, 0.3) is 0 Å². The van der Waals surface area contributed by atoms with Crippen molar-refractivity contribution in [2.75, 3.05) is 11.8 Å². The lowest BCUT2D eigenvalue weighted by Crippen LogP contribution is -2.32. The predicted molar refractivity (Wildman–Crippen MR) is 107 cm³/mol. The van der Waals surface area contributed by atoms with Gasteiger partial charge < -0.3 is 10.1 Å². The van der Waals surface area contributed by atoms with Crippen molar-refractivity contribution in [3.05, 3.63) is 59.2 Å². The molecule has 0 radical (unpaired) electrons. The zero-order valence-corrected chi connectivity index (χ0v) is 17.1. The highest BCUT2D eigenvalue weighted by Gasteiger charge is 2.21. The zero-order valence-electron chi connectivity index (χ0n) is 16.3. The summed E-state index contributed by atoms with van der Waals surface area (Å²) in [5.74, 6) is -0.991. The van der Waals surface area contributed by atoms with Crippen LogP contribution >= 0.6 is 0 Å². The van der Waals surface area contributed by atoms with Gasteiger partial charge in [0.2, 0.25) is 0 Å². The minimum absolute atomic E-state index is 0.0446. The van der Waals surface area contributed by atoms with E-state index in [1.54, 1.807) is 25.1 Å². The standard InChI is InChI=1S/C20H24N2O5S/c1-5-14(3)21-19(23)16-8-6-7-9-18(16)22-28(25,26)15-11-10-13(2)17(12-15)20(24)27-4/h6-12,14,22H,5H2,1-4H3,(H,21,23)/t14-/m1/s1. The van der Waals surface area contributed by atoms with Crippen molar-refractivity contribution in [1.29, 1.82) is 0 Å². The molecule has 0 bridgehead atoms. The van der Waals surface area contributed by atoms with Crippen molar-refractivity contribution in [2.24, 2.45) is 0 Å². The molecule has 0 aliphatic heterocycles. The Hall–Kier alpha value is -2.87. The van der Waals surface area contributed by atoms with Crippen LogP contribution in [0, 0.1) is 6.92 Å². The van der Waals surface area contributed by atoms with E-state index in [4.69, 9.17) is 4.74 Å². The Bertz CT molecular complexity index is 986. The topological polar surface area (TPSA) is 102 Å². The van der Waals surface area contributed by atoms with Crippen molar-refractivity contribution in [3.63, 3.8) is 0 Å². The molecule has 2 aromatic carbocycles. The highest BCUT2D eigenvalue weighted by atomic mass is 32.2. The first-order valence-electron chi connectivity index (χ1n) is 8.81. The molecule has 1 amide bonds. The lowest BCUT2D eigenvalue weighted by molar-refractivity contribution is 0.0599. The number of methoxy groups -OCH3 is 1. The van der Waals surface area contributed by atoms with Gasteiger partial charge in [-0.25, -0.2) is 13.2 Å². The summed E-state index contributed by atoms with van der Waals surface area (Å²) in [6.45, 7) is 5.49. The van der Waals surface area contributed by atoms with Gasteiger partial charge >= 0.3 is 5.97 Å². The first-order valence-corrected chi connectivity index (χ1v) is 10.3. The third-order valence-electron chi connectivity index (χ3n) is 4.33. The Morgan fingerprint density at radius 1 is 1.11 bits per heavy atom. The number of nitrogens with one attached hydrogen (secondary N) is 2. The van der Waals surface area contributed by atoms with Crippen molar-refractivity contribution in [3.8, 4) is 0 Å². The highest BCUT2D eigenvalue weighted by molar-refractivity contribution is 7.92. The van der Waals surface area contributed by atoms with Gasteiger partial charge in [-0.2, -0.15) is 0 Å². The quantitative estimate of drug-likeness (QED) is 0.691. The van der Waals surface area contributed by atoms with Crippen molar-refractivity contribution in [1.82, 2.24) is 5.32 Å². The van der Waals surface area contributed by atoms with Crippen LogP contribution in [0.1, 0.15) is 46.5 Å². The van der Waals surface area contributed by atoms with Crippen molar-refractivity contribution < 1.29 is 22.7 Å². The van der Waals surface area contributed by atoms with E-state index in [1.165, 1.54) is 31.4 Å². The number of ether oxygens (including phenoxy) is 1. The van der Waals surface area contributed by atoms with Crippen LogP contribution in [-0.4, -0.2) is 33.4 Å². The first kappa shape index (κ1) is 21.4. The molecule has 0 aliphatic carbocycles. The lowest BCUT2D eigenvalue weighted by Gasteiger charge is -2.16. The van der Waals surface area contributed by atoms with Gasteiger partial charge in [-0.05, 0) is 50.1 Å². The van der Waals surface area contributed by atoms with Crippen LogP contribution in [0.5, 0.6) is 0 Å². The number of para-hydroxylation sites is 1. The molecule has 0 aliphatic rings. The molecule has 2 rings (SSSR count). The summed E-state index contributed by atoms with van der Waals surface area (Å²) in [5, 5.41) is 2.82. The monoisotopic (exact) mass is 404 g/mol. The molecular formula is C20H24N2O5S. The molecular weight excluding hydrogens is 380 g/mol. The number of hydrogen-bond acceptors (Lipinski definition) is 5. The van der Waals surface area contributed by atoms with E-state index < -0.39 is 16.0 Å². The van der Waals surface area contributed by atoms with Gasteiger partial charge in [-0.1, -0.05) is 25.1 Å². The number of hydrogen-bond donors (Lipinski definition) is 2. The molecule has 2 N–H and O–H groups in total. The Morgan fingerprint density at radius 3 is 2.43 bits per heavy atom. The Labute approximate surface area is 165 Å². The Morgan fingerprint density at radius 2 is 1.79 bits per heavy atom. The Balaban J connectivity index is 2.38. The fraction of sp³-hybridized carbons (Fsp3) is 0.300. The maximum absolute atomic E-state index is 12.8. The van der Waals surface area contributed by atoms with Gasteiger partial charge in [-0.3, -0.25) is 9.52 Å². The maximum Gasteiger partial charge on any atom is 0.338 e. The molecule has 150 valence electrons. The van der Waals surface area contributed by atoms with Crippen LogP contribution in [0.15, 0.2) is 47.4 Å². The van der Waals surface area contributed by atoms with Crippen LogP contribution in [0.2, 0.25) is 0 Å². The summed E-state index contributed by atoms with van der Waals surface area (Å²) in [6, 6.07) is 10.5. The number of amides is 1. The van der Waals surface area contributed by atoms with Crippen LogP contribution < -0.4 is 10.0 Å². The van der Waals surface area contributed by atoms with E-state index in [1.807, 2.05) is 13.8 Å². The number of rotatable bonds is 7. The second kappa shape index (κ2) is 8.88. The summed E-state index contributed by atoms with van der Waals surface area (Å²) in [4.78, 5) is 24.2. The van der Waals surface area contributed by atoms with Crippen LogP contribution in [0.4, 0.5) is 5.69 Å². The van der Waals surface area contributed by atoms with E-state index in [0.717, 1.165) is 6.42 Å². The van der Waals surface area contributed by atoms with Crippen LogP contribution in [0.3, 0.4) is 0 Å². The molecule has 0 heterocycles. The average molecular weight is 404 g/mol. The van der Waals surface area contributed by atoms with E-state index in [2.05, 4.69) is 10.0 Å². The van der Waals surface area contributed by atoms with Gasteiger partial charge in [0.1, 0.15) is 0 Å². The number of aryl methyl sites for hydroxylation is 1. The number of benzene rings is 2. The molecule has 0 fully saturated rings. The molecule has 0 saturated carbocycles. The molecule has 7 nitrogen and oxygen atoms in total. The van der Waals surface area contributed by atoms with Gasteiger partial charge in [0.15, 0.2) is 0 Å². The van der Waals surface area contributed by atoms with Gasteiger partial charge in [0.05, 0.1) is 28.8 Å². The number of esters is 1. The predicted octanol–water partition coefficient (Wildman–Crippen LogP) is 3.11. The second-order valence-electron chi connectivity index (χ2n) is 6.40. The maximum atomic E-state index is 12.8. The minimum Gasteiger partial charge on any atom is -0.465 e. The molecule has 0 spiro atoms. The fourth-order valence-electron chi connectivity index (χ4n) is 2.48. The number of anilines is 1. The molecule has 2 aromatic rings.